The van der Waals surface area contributed by atoms with Crippen molar-refractivity contribution in [2.24, 2.45) is 0 Å². The topological polar surface area (TPSA) is 13.1 Å². The lowest BCUT2D eigenvalue weighted by Gasteiger charge is -2.18. The number of benzene rings is 7. The Morgan fingerprint density at radius 1 is 0.459 bits per heavy atom. The van der Waals surface area contributed by atoms with Crippen molar-refractivity contribution in [2.75, 3.05) is 0 Å². The van der Waals surface area contributed by atoms with Gasteiger partial charge < -0.3 is 4.42 Å². The van der Waals surface area contributed by atoms with E-state index in [1.54, 1.807) is 30.3 Å². The smallest absolute Gasteiger partial charge is 0.135 e. The van der Waals surface area contributed by atoms with Crippen LogP contribution in [0.5, 0.6) is 0 Å². The average molecular weight is 486 g/mol. The number of para-hydroxylation sites is 1. The molecule has 7 aromatic carbocycles. The molecule has 0 aliphatic heterocycles. The van der Waals surface area contributed by atoms with E-state index in [1.807, 2.05) is 12.1 Å². The molecular weight excluding hydrogens is 448 g/mol. The first kappa shape index (κ1) is 10.6. The van der Waals surface area contributed by atoms with Crippen LogP contribution in [0.3, 0.4) is 0 Å². The van der Waals surface area contributed by atoms with Crippen LogP contribution in [0, 0.1) is 0 Å². The second kappa shape index (κ2) is 7.81. The zero-order valence-electron chi connectivity index (χ0n) is 33.9. The van der Waals surface area contributed by atoms with Gasteiger partial charge in [-0.3, -0.25) is 0 Å². The highest BCUT2D eigenvalue weighted by molar-refractivity contribution is 6.22. The SMILES string of the molecule is [2H]c1c([2H])c([2H])c2c([2H])c(-c3c4c([2H])c([2H])c([2H])c([2H])c4c(-c4ccc5oc6ccccc6c5c4)c4c([2H])c([2H])c([2H])c([2H])c34)c([2H])c([2H])c2c1[2H]. The summed E-state index contributed by atoms with van der Waals surface area (Å²) in [5.74, 6) is 0. The maximum absolute atomic E-state index is 9.33. The summed E-state index contributed by atoms with van der Waals surface area (Å²) in [6.45, 7) is 0. The minimum absolute atomic E-state index is 0.0341. The van der Waals surface area contributed by atoms with Gasteiger partial charge in [0.25, 0.3) is 0 Å². The molecule has 0 aliphatic carbocycles. The Bertz CT molecular complexity index is 2890. The third-order valence-corrected chi connectivity index (χ3v) is 6.54. The zero-order valence-corrected chi connectivity index (χ0v) is 18.9. The Morgan fingerprint density at radius 2 is 1.05 bits per heavy atom. The molecule has 0 unspecified atom stereocenters. The summed E-state index contributed by atoms with van der Waals surface area (Å²) < 4.78 is 138. The van der Waals surface area contributed by atoms with Crippen molar-refractivity contribution in [3.63, 3.8) is 0 Å². The van der Waals surface area contributed by atoms with Gasteiger partial charge in [0.1, 0.15) is 11.2 Å². The fourth-order valence-electron chi connectivity index (χ4n) is 4.95. The first-order chi connectivity index (χ1) is 24.6. The molecule has 0 N–H and O–H groups in total. The first-order valence-electron chi connectivity index (χ1n) is 19.0. The van der Waals surface area contributed by atoms with E-state index in [4.69, 9.17) is 18.1 Å². The van der Waals surface area contributed by atoms with Gasteiger partial charge in [0.05, 0.1) is 20.6 Å². The molecule has 8 rings (SSSR count). The lowest BCUT2D eigenvalue weighted by atomic mass is 9.85. The van der Waals surface area contributed by atoms with Gasteiger partial charge in [-0.15, -0.1) is 0 Å². The molecule has 0 atom stereocenters. The summed E-state index contributed by atoms with van der Waals surface area (Å²) in [6, 6.07) is 2.29. The fourth-order valence-corrected chi connectivity index (χ4v) is 4.95. The molecule has 0 fully saturated rings. The van der Waals surface area contributed by atoms with Gasteiger partial charge in [0.2, 0.25) is 0 Å². The number of rotatable bonds is 2. The third-order valence-electron chi connectivity index (χ3n) is 6.54. The minimum Gasteiger partial charge on any atom is -0.456 e. The number of fused-ring (bicyclic) bond motifs is 6. The van der Waals surface area contributed by atoms with Crippen LogP contribution in [0.4, 0.5) is 0 Å². The van der Waals surface area contributed by atoms with Crippen LogP contribution in [0.1, 0.15) is 20.6 Å². The van der Waals surface area contributed by atoms with Gasteiger partial charge >= 0.3 is 0 Å². The average Bonchev–Trinajstić information content (AvgIpc) is 3.51. The van der Waals surface area contributed by atoms with Crippen LogP contribution in [-0.2, 0) is 0 Å². The van der Waals surface area contributed by atoms with E-state index >= 15 is 0 Å². The summed E-state index contributed by atoms with van der Waals surface area (Å²) in [5, 5.41) is -0.406. The van der Waals surface area contributed by atoms with E-state index < -0.39 is 107 Å². The Labute approximate surface area is 235 Å². The molecule has 0 saturated heterocycles. The molecule has 1 heteroatoms. The normalized spacial score (nSPS) is 17.5. The monoisotopic (exact) mass is 485 g/mol. The first-order valence-corrected chi connectivity index (χ1v) is 11.5. The van der Waals surface area contributed by atoms with Crippen LogP contribution >= 0.6 is 0 Å². The lowest BCUT2D eigenvalue weighted by Crippen LogP contribution is -1.91. The van der Waals surface area contributed by atoms with Gasteiger partial charge in [0, 0.05) is 10.8 Å². The zero-order chi connectivity index (χ0) is 37.4. The Balaban J connectivity index is 1.71. The molecule has 0 spiro atoms. The highest BCUT2D eigenvalue weighted by Gasteiger charge is 2.17. The summed E-state index contributed by atoms with van der Waals surface area (Å²) in [5.41, 5.74) is 0.583. The van der Waals surface area contributed by atoms with Crippen LogP contribution in [0.2, 0.25) is 0 Å². The molecule has 0 amide bonds. The second-order valence-electron chi connectivity index (χ2n) is 8.56. The van der Waals surface area contributed by atoms with E-state index in [0.717, 1.165) is 5.39 Å². The van der Waals surface area contributed by atoms with Gasteiger partial charge in [-0.1, -0.05) is 109 Å². The van der Waals surface area contributed by atoms with Crippen LogP contribution in [-0.4, -0.2) is 0 Å². The largest absolute Gasteiger partial charge is 0.456 e. The molecule has 0 aliphatic rings. The number of hydrogen-bond donors (Lipinski definition) is 0. The van der Waals surface area contributed by atoms with Crippen molar-refractivity contribution in [1.29, 1.82) is 0 Å². The van der Waals surface area contributed by atoms with Crippen LogP contribution in [0.15, 0.2) is 138 Å². The standard InChI is InChI=1S/C36H22O/c1-2-10-24-21-25(18-17-23(24)9-1)35-28-12-3-5-14-30(28)36(31-15-6-4-13-29(31)35)26-19-20-34-32(22-26)27-11-7-8-16-33(27)37-34/h1-22H/i1D,2D,3D,4D,5D,6D,9D,10D,12D,13D,14D,15D,17D,18D,21D. The second-order valence-corrected chi connectivity index (χ2v) is 8.56. The molecule has 0 radical (unpaired) electrons. The van der Waals surface area contributed by atoms with Crippen molar-refractivity contribution < 1.29 is 25.0 Å². The number of furan rings is 1. The Morgan fingerprint density at radius 3 is 1.78 bits per heavy atom. The highest BCUT2D eigenvalue weighted by atomic mass is 16.3. The molecule has 0 saturated carbocycles. The summed E-state index contributed by atoms with van der Waals surface area (Å²) in [4.78, 5) is 0. The predicted molar refractivity (Wildman–Crippen MR) is 157 cm³/mol. The summed E-state index contributed by atoms with van der Waals surface area (Å²) in [6.07, 6.45) is 0. The van der Waals surface area contributed by atoms with Crippen LogP contribution in [0.25, 0.3) is 76.5 Å². The molecule has 172 valence electrons. The fraction of sp³-hybridized carbons (Fsp3) is 0. The van der Waals surface area contributed by atoms with Gasteiger partial charge in [0.15, 0.2) is 0 Å². The minimum atomic E-state index is -0.732. The van der Waals surface area contributed by atoms with E-state index in [0.29, 0.717) is 22.1 Å². The van der Waals surface area contributed by atoms with E-state index in [-0.39, 0.29) is 32.7 Å². The van der Waals surface area contributed by atoms with Crippen molar-refractivity contribution >= 4 is 54.3 Å². The Kier molecular flexibility index (Phi) is 2.24. The highest BCUT2D eigenvalue weighted by Crippen LogP contribution is 2.45. The predicted octanol–water partition coefficient (Wildman–Crippen LogP) is 10.4. The van der Waals surface area contributed by atoms with Gasteiger partial charge in [-0.05, 0) is 78.8 Å². The number of hydrogen-bond acceptors (Lipinski definition) is 1. The lowest BCUT2D eigenvalue weighted by molar-refractivity contribution is 0.669. The van der Waals surface area contributed by atoms with Crippen LogP contribution < -0.4 is 0 Å². The Hall–Kier alpha value is -4.88. The van der Waals surface area contributed by atoms with E-state index in [1.165, 1.54) is 0 Å². The van der Waals surface area contributed by atoms with Crippen molar-refractivity contribution in [3.05, 3.63) is 133 Å². The maximum Gasteiger partial charge on any atom is 0.135 e. The van der Waals surface area contributed by atoms with Crippen molar-refractivity contribution in [3.8, 4) is 22.3 Å². The molecule has 37 heavy (non-hydrogen) atoms. The summed E-state index contributed by atoms with van der Waals surface area (Å²) in [7, 11) is 0. The van der Waals surface area contributed by atoms with Crippen molar-refractivity contribution in [1.82, 2.24) is 0 Å². The molecule has 1 nitrogen and oxygen atoms in total. The summed E-state index contributed by atoms with van der Waals surface area (Å²) >= 11 is 0. The quantitative estimate of drug-likeness (QED) is 0.222. The molecule has 1 aromatic heterocycles. The van der Waals surface area contributed by atoms with E-state index in [9.17, 15) is 6.85 Å². The molecular formula is C36H22O. The maximum atomic E-state index is 9.33. The third kappa shape index (κ3) is 3.04. The van der Waals surface area contributed by atoms with Crippen molar-refractivity contribution in [2.45, 2.75) is 0 Å². The van der Waals surface area contributed by atoms with E-state index in [2.05, 4.69) is 0 Å². The molecule has 0 bridgehead atoms. The van der Waals surface area contributed by atoms with Gasteiger partial charge in [-0.25, -0.2) is 0 Å². The van der Waals surface area contributed by atoms with Gasteiger partial charge in [-0.2, -0.15) is 0 Å². The molecule has 8 aromatic rings. The molecule has 1 heterocycles.